The van der Waals surface area contributed by atoms with Crippen LogP contribution in [-0.2, 0) is 4.79 Å². The van der Waals surface area contributed by atoms with Crippen molar-refractivity contribution in [1.82, 2.24) is 20.4 Å². The van der Waals surface area contributed by atoms with E-state index in [1.165, 1.54) is 16.2 Å². The van der Waals surface area contributed by atoms with Crippen LogP contribution < -0.4 is 15.5 Å². The van der Waals surface area contributed by atoms with Crippen molar-refractivity contribution in [3.63, 3.8) is 0 Å². The number of urea groups is 1. The Balaban J connectivity index is 0.00000261. The van der Waals surface area contributed by atoms with E-state index in [1.807, 2.05) is 0 Å². The molecule has 1 aromatic carbocycles. The molecule has 9 heteroatoms. The summed E-state index contributed by atoms with van der Waals surface area (Å²) in [5, 5.41) is 5.78. The van der Waals surface area contributed by atoms with E-state index < -0.39 is 0 Å². The van der Waals surface area contributed by atoms with Crippen molar-refractivity contribution in [3.8, 4) is 0 Å². The van der Waals surface area contributed by atoms with Crippen LogP contribution in [0.2, 0.25) is 0 Å². The van der Waals surface area contributed by atoms with Crippen LogP contribution in [0.1, 0.15) is 5.56 Å². The maximum absolute atomic E-state index is 11.6. The predicted molar refractivity (Wildman–Crippen MR) is 117 cm³/mol. The third-order valence-electron chi connectivity index (χ3n) is 4.71. The van der Waals surface area contributed by atoms with Gasteiger partial charge in [-0.25, -0.2) is 4.79 Å². The second kappa shape index (κ2) is 9.77. The minimum atomic E-state index is -0.321. The summed E-state index contributed by atoms with van der Waals surface area (Å²) in [6.07, 6.45) is 0. The Morgan fingerprint density at radius 3 is 2.56 bits per heavy atom. The molecule has 0 aliphatic carbocycles. The lowest BCUT2D eigenvalue weighted by Gasteiger charge is -2.37. The number of nitrogens with one attached hydrogen (secondary N) is 2. The van der Waals surface area contributed by atoms with Gasteiger partial charge in [0.2, 0.25) is 5.91 Å². The van der Waals surface area contributed by atoms with Gasteiger partial charge in [0.05, 0.1) is 6.54 Å². The standard InChI is InChI=1S/C18H26N6O2.HI/c1-14-4-3-5-15(12-14)22-8-10-23(11-9-22)17(19-2)20-6-7-24-16(25)13-21-18(24)26;/h3-5,12H,6-11,13H2,1-2H3,(H,19,20)(H,21,26);1H. The van der Waals surface area contributed by atoms with Gasteiger partial charge in [-0.1, -0.05) is 12.1 Å². The lowest BCUT2D eigenvalue weighted by Crippen LogP contribution is -2.53. The molecule has 2 N–H and O–H groups in total. The zero-order valence-corrected chi connectivity index (χ0v) is 18.1. The lowest BCUT2D eigenvalue weighted by molar-refractivity contribution is -0.124. The molecule has 3 amide bonds. The van der Waals surface area contributed by atoms with Crippen LogP contribution in [0.25, 0.3) is 0 Å². The summed E-state index contributed by atoms with van der Waals surface area (Å²) in [5.41, 5.74) is 2.52. The van der Waals surface area contributed by atoms with E-state index in [-0.39, 0.29) is 42.5 Å². The molecule has 148 valence electrons. The number of guanidine groups is 1. The minimum Gasteiger partial charge on any atom is -0.368 e. The van der Waals surface area contributed by atoms with E-state index >= 15 is 0 Å². The summed E-state index contributed by atoms with van der Waals surface area (Å²) in [6, 6.07) is 8.23. The molecule has 27 heavy (non-hydrogen) atoms. The number of carbonyl (C=O) groups is 2. The van der Waals surface area contributed by atoms with Crippen LogP contribution >= 0.6 is 24.0 Å². The maximum Gasteiger partial charge on any atom is 0.324 e. The molecule has 2 saturated heterocycles. The van der Waals surface area contributed by atoms with Gasteiger partial charge < -0.3 is 20.4 Å². The van der Waals surface area contributed by atoms with E-state index in [2.05, 4.69) is 56.6 Å². The summed E-state index contributed by atoms with van der Waals surface area (Å²) < 4.78 is 0. The number of hydrogen-bond acceptors (Lipinski definition) is 4. The van der Waals surface area contributed by atoms with Gasteiger partial charge >= 0.3 is 6.03 Å². The van der Waals surface area contributed by atoms with E-state index in [9.17, 15) is 9.59 Å². The molecule has 1 aromatic rings. The van der Waals surface area contributed by atoms with Gasteiger partial charge in [0.25, 0.3) is 0 Å². The molecule has 2 heterocycles. The fraction of sp³-hybridized carbons (Fsp3) is 0.500. The Kier molecular flexibility index (Phi) is 7.69. The number of amides is 3. The van der Waals surface area contributed by atoms with Gasteiger partial charge in [-0.05, 0) is 24.6 Å². The molecule has 0 radical (unpaired) electrons. The summed E-state index contributed by atoms with van der Waals surface area (Å²) >= 11 is 0. The van der Waals surface area contributed by atoms with Crippen LogP contribution in [0, 0.1) is 6.92 Å². The Morgan fingerprint density at radius 1 is 1.22 bits per heavy atom. The molecule has 8 nitrogen and oxygen atoms in total. The van der Waals surface area contributed by atoms with Crippen LogP contribution in [0.3, 0.4) is 0 Å². The molecular weight excluding hydrogens is 459 g/mol. The second-order valence-electron chi connectivity index (χ2n) is 6.49. The summed E-state index contributed by atoms with van der Waals surface area (Å²) in [5.74, 6) is 0.625. The van der Waals surface area contributed by atoms with Crippen molar-refractivity contribution in [2.75, 3.05) is 57.8 Å². The molecular formula is C18H27IN6O2. The highest BCUT2D eigenvalue weighted by Gasteiger charge is 2.28. The van der Waals surface area contributed by atoms with Crippen molar-refractivity contribution in [3.05, 3.63) is 29.8 Å². The Bertz CT molecular complexity index is 687. The molecule has 0 bridgehead atoms. The third kappa shape index (κ3) is 5.24. The first-order chi connectivity index (χ1) is 12.6. The average molecular weight is 486 g/mol. The van der Waals surface area contributed by atoms with Crippen LogP contribution in [0.15, 0.2) is 29.3 Å². The third-order valence-corrected chi connectivity index (χ3v) is 4.71. The SMILES string of the molecule is CN=C(NCCN1C(=O)CNC1=O)N1CCN(c2cccc(C)c2)CC1.I. The number of hydrogen-bond donors (Lipinski definition) is 2. The van der Waals surface area contributed by atoms with Crippen molar-refractivity contribution < 1.29 is 9.59 Å². The highest BCUT2D eigenvalue weighted by Crippen LogP contribution is 2.17. The lowest BCUT2D eigenvalue weighted by atomic mass is 10.2. The number of piperazine rings is 1. The van der Waals surface area contributed by atoms with Crippen molar-refractivity contribution in [2.45, 2.75) is 6.92 Å². The van der Waals surface area contributed by atoms with Gasteiger partial charge in [0, 0.05) is 52.0 Å². The normalized spacial score (nSPS) is 17.7. The predicted octanol–water partition coefficient (Wildman–Crippen LogP) is 0.862. The van der Waals surface area contributed by atoms with Gasteiger partial charge in [-0.3, -0.25) is 14.7 Å². The number of nitrogens with zero attached hydrogens (tertiary/aromatic N) is 4. The van der Waals surface area contributed by atoms with Crippen molar-refractivity contribution in [2.24, 2.45) is 4.99 Å². The van der Waals surface area contributed by atoms with Gasteiger partial charge in [-0.2, -0.15) is 0 Å². The molecule has 0 saturated carbocycles. The second-order valence-corrected chi connectivity index (χ2v) is 6.49. The topological polar surface area (TPSA) is 80.3 Å². The highest BCUT2D eigenvalue weighted by atomic mass is 127. The summed E-state index contributed by atoms with van der Waals surface area (Å²) in [6.45, 7) is 6.63. The molecule has 2 fully saturated rings. The van der Waals surface area contributed by atoms with E-state index in [0.717, 1.165) is 32.1 Å². The first kappa shape index (κ1) is 21.3. The monoisotopic (exact) mass is 486 g/mol. The number of benzene rings is 1. The largest absolute Gasteiger partial charge is 0.368 e. The molecule has 3 rings (SSSR count). The zero-order chi connectivity index (χ0) is 18.5. The van der Waals surface area contributed by atoms with Gasteiger partial charge in [-0.15, -0.1) is 24.0 Å². The van der Waals surface area contributed by atoms with Crippen LogP contribution in [-0.4, -0.2) is 80.6 Å². The average Bonchev–Trinajstić information content (AvgIpc) is 2.97. The summed E-state index contributed by atoms with van der Waals surface area (Å²) in [7, 11) is 1.75. The number of anilines is 1. The zero-order valence-electron chi connectivity index (χ0n) is 15.8. The Labute approximate surface area is 177 Å². The first-order valence-electron chi connectivity index (χ1n) is 8.94. The molecule has 2 aliphatic heterocycles. The molecule has 2 aliphatic rings. The molecule has 0 spiro atoms. The minimum absolute atomic E-state index is 0. The molecule has 0 unspecified atom stereocenters. The Morgan fingerprint density at radius 2 is 1.96 bits per heavy atom. The number of aryl methyl sites for hydroxylation is 1. The van der Waals surface area contributed by atoms with Gasteiger partial charge in [0.1, 0.15) is 0 Å². The number of halogens is 1. The molecule has 0 atom stereocenters. The highest BCUT2D eigenvalue weighted by molar-refractivity contribution is 14.0. The quantitative estimate of drug-likeness (QED) is 0.286. The maximum atomic E-state index is 11.6. The number of carbonyl (C=O) groups excluding carboxylic acids is 2. The van der Waals surface area contributed by atoms with E-state index in [0.29, 0.717) is 13.1 Å². The fourth-order valence-corrected chi connectivity index (χ4v) is 3.29. The van der Waals surface area contributed by atoms with Crippen molar-refractivity contribution in [1.29, 1.82) is 0 Å². The van der Waals surface area contributed by atoms with Crippen molar-refractivity contribution >= 4 is 47.6 Å². The first-order valence-corrected chi connectivity index (χ1v) is 8.94. The van der Waals surface area contributed by atoms with E-state index in [1.54, 1.807) is 7.05 Å². The van der Waals surface area contributed by atoms with E-state index in [4.69, 9.17) is 0 Å². The fourth-order valence-electron chi connectivity index (χ4n) is 3.29. The number of aliphatic imine (C=N–C) groups is 1. The Hall–Kier alpha value is -2.04. The van der Waals surface area contributed by atoms with Crippen LogP contribution in [0.5, 0.6) is 0 Å². The van der Waals surface area contributed by atoms with Crippen LogP contribution in [0.4, 0.5) is 10.5 Å². The van der Waals surface area contributed by atoms with Gasteiger partial charge in [0.15, 0.2) is 5.96 Å². The molecule has 0 aromatic heterocycles. The number of rotatable bonds is 4. The number of imide groups is 1. The smallest absolute Gasteiger partial charge is 0.324 e. The summed E-state index contributed by atoms with van der Waals surface area (Å²) in [4.78, 5) is 33.3.